The van der Waals surface area contributed by atoms with Crippen molar-refractivity contribution >= 4 is 21.6 Å². The molecule has 100 valence electrons. The Kier molecular flexibility index (Phi) is 3.55. The minimum atomic E-state index is 0.556. The maximum Gasteiger partial charge on any atom is 0.259 e. The van der Waals surface area contributed by atoms with E-state index < -0.39 is 0 Å². The summed E-state index contributed by atoms with van der Waals surface area (Å²) in [6, 6.07) is 0. The molecule has 2 unspecified atom stereocenters. The highest BCUT2D eigenvalue weighted by Crippen LogP contribution is 2.26. The third-order valence-corrected chi connectivity index (χ3v) is 4.05. The van der Waals surface area contributed by atoms with E-state index in [9.17, 15) is 0 Å². The molecule has 5 heteroatoms. The van der Waals surface area contributed by atoms with Crippen LogP contribution in [-0.4, -0.2) is 21.0 Å². The molecular formula is C14H16BrN3O. The van der Waals surface area contributed by atoms with E-state index in [-0.39, 0.29) is 0 Å². The molecule has 0 amide bonds. The molecule has 1 aliphatic rings. The molecule has 0 spiro atoms. The standard InChI is InChI=1S/C14H16BrN3O/c1-10-4-2-3-5-11(10)9-19-14-13-16-6-7-18(13)8-12(15)17-14/h2-3,6-8,10-11H,4-5,9H2,1H3. The van der Waals surface area contributed by atoms with Crippen molar-refractivity contribution in [3.05, 3.63) is 35.3 Å². The second kappa shape index (κ2) is 5.33. The number of hydrogen-bond donors (Lipinski definition) is 0. The van der Waals surface area contributed by atoms with E-state index in [4.69, 9.17) is 4.74 Å². The van der Waals surface area contributed by atoms with Gasteiger partial charge in [-0.2, -0.15) is 0 Å². The number of aromatic nitrogens is 3. The van der Waals surface area contributed by atoms with E-state index in [2.05, 4.69) is 45.0 Å². The molecule has 2 aromatic heterocycles. The number of imidazole rings is 1. The fourth-order valence-corrected chi connectivity index (χ4v) is 2.78. The first-order chi connectivity index (χ1) is 9.24. The third kappa shape index (κ3) is 2.66. The summed E-state index contributed by atoms with van der Waals surface area (Å²) in [6.07, 6.45) is 12.2. The monoisotopic (exact) mass is 321 g/mol. The molecule has 0 fully saturated rings. The van der Waals surface area contributed by atoms with E-state index in [0.717, 1.165) is 23.1 Å². The molecule has 0 bridgehead atoms. The Morgan fingerprint density at radius 2 is 2.26 bits per heavy atom. The van der Waals surface area contributed by atoms with E-state index in [0.29, 0.717) is 24.3 Å². The molecule has 2 heterocycles. The van der Waals surface area contributed by atoms with Crippen molar-refractivity contribution in [3.63, 3.8) is 0 Å². The lowest BCUT2D eigenvalue weighted by Crippen LogP contribution is -2.21. The first kappa shape index (κ1) is 12.7. The second-order valence-electron chi connectivity index (χ2n) is 5.02. The van der Waals surface area contributed by atoms with Crippen LogP contribution in [0.2, 0.25) is 0 Å². The quantitative estimate of drug-likeness (QED) is 0.812. The van der Waals surface area contributed by atoms with Crippen LogP contribution in [0.1, 0.15) is 19.8 Å². The molecule has 2 aromatic rings. The lowest BCUT2D eigenvalue weighted by Gasteiger charge is -2.24. The number of hydrogen-bond acceptors (Lipinski definition) is 3. The van der Waals surface area contributed by atoms with Crippen molar-refractivity contribution in [2.45, 2.75) is 19.8 Å². The van der Waals surface area contributed by atoms with Gasteiger partial charge >= 0.3 is 0 Å². The van der Waals surface area contributed by atoms with Crippen molar-refractivity contribution in [1.29, 1.82) is 0 Å². The summed E-state index contributed by atoms with van der Waals surface area (Å²) in [6.45, 7) is 2.97. The zero-order valence-corrected chi connectivity index (χ0v) is 12.4. The van der Waals surface area contributed by atoms with Crippen molar-refractivity contribution in [2.75, 3.05) is 6.61 Å². The van der Waals surface area contributed by atoms with Crippen molar-refractivity contribution in [3.8, 4) is 5.88 Å². The van der Waals surface area contributed by atoms with Crippen molar-refractivity contribution in [1.82, 2.24) is 14.4 Å². The maximum atomic E-state index is 5.91. The van der Waals surface area contributed by atoms with Gasteiger partial charge in [0, 0.05) is 18.6 Å². The van der Waals surface area contributed by atoms with Gasteiger partial charge in [0.1, 0.15) is 4.60 Å². The number of fused-ring (bicyclic) bond motifs is 1. The summed E-state index contributed by atoms with van der Waals surface area (Å²) in [7, 11) is 0. The Balaban J connectivity index is 1.78. The molecule has 4 nitrogen and oxygen atoms in total. The number of rotatable bonds is 3. The molecule has 1 aliphatic carbocycles. The Morgan fingerprint density at radius 1 is 1.42 bits per heavy atom. The molecule has 3 rings (SSSR count). The Morgan fingerprint density at radius 3 is 3.11 bits per heavy atom. The Hall–Kier alpha value is -1.36. The van der Waals surface area contributed by atoms with Gasteiger partial charge in [0.25, 0.3) is 5.88 Å². The van der Waals surface area contributed by atoms with Crippen LogP contribution in [0.3, 0.4) is 0 Å². The number of ether oxygens (including phenoxy) is 1. The van der Waals surface area contributed by atoms with Gasteiger partial charge in [0.15, 0.2) is 0 Å². The van der Waals surface area contributed by atoms with Crippen LogP contribution in [0.25, 0.3) is 5.65 Å². The Bertz CT molecular complexity index is 608. The molecule has 0 N–H and O–H groups in total. The van der Waals surface area contributed by atoms with Gasteiger partial charge in [-0.1, -0.05) is 19.1 Å². The molecule has 0 radical (unpaired) electrons. The van der Waals surface area contributed by atoms with Crippen LogP contribution >= 0.6 is 15.9 Å². The van der Waals surface area contributed by atoms with Crippen molar-refractivity contribution < 1.29 is 4.74 Å². The average molecular weight is 322 g/mol. The van der Waals surface area contributed by atoms with Crippen LogP contribution in [-0.2, 0) is 0 Å². The van der Waals surface area contributed by atoms with E-state index in [1.807, 2.05) is 16.8 Å². The summed E-state index contributed by atoms with van der Waals surface area (Å²) in [5.74, 6) is 1.81. The average Bonchev–Trinajstić information content (AvgIpc) is 2.85. The Labute approximate surface area is 120 Å². The van der Waals surface area contributed by atoms with Gasteiger partial charge in [-0.25, -0.2) is 9.97 Å². The summed E-state index contributed by atoms with van der Waals surface area (Å²) < 4.78 is 8.58. The predicted octanol–water partition coefficient (Wildman–Crippen LogP) is 3.47. The minimum absolute atomic E-state index is 0.556. The van der Waals surface area contributed by atoms with Crippen LogP contribution in [0.4, 0.5) is 0 Å². The summed E-state index contributed by atoms with van der Waals surface area (Å²) in [5, 5.41) is 0. The van der Waals surface area contributed by atoms with E-state index in [1.165, 1.54) is 0 Å². The molecule has 19 heavy (non-hydrogen) atoms. The number of halogens is 1. The van der Waals surface area contributed by atoms with Gasteiger partial charge in [-0.05, 0) is 40.6 Å². The summed E-state index contributed by atoms with van der Waals surface area (Å²) in [5.41, 5.74) is 0.766. The normalized spacial score (nSPS) is 22.8. The lowest BCUT2D eigenvalue weighted by atomic mass is 9.85. The first-order valence-corrected chi connectivity index (χ1v) is 7.30. The smallest absolute Gasteiger partial charge is 0.259 e. The molecule has 2 atom stereocenters. The second-order valence-corrected chi connectivity index (χ2v) is 5.83. The molecule has 0 aromatic carbocycles. The first-order valence-electron chi connectivity index (χ1n) is 6.51. The molecule has 0 aliphatic heterocycles. The van der Waals surface area contributed by atoms with Crippen LogP contribution in [0.15, 0.2) is 35.3 Å². The number of allylic oxidation sites excluding steroid dienone is 2. The topological polar surface area (TPSA) is 39.4 Å². The van der Waals surface area contributed by atoms with Crippen LogP contribution in [0.5, 0.6) is 5.88 Å². The van der Waals surface area contributed by atoms with Gasteiger partial charge in [0.2, 0.25) is 5.65 Å². The SMILES string of the molecule is CC1CC=CCC1COc1nc(Br)cn2ccnc12. The molecular weight excluding hydrogens is 306 g/mol. The van der Waals surface area contributed by atoms with Crippen LogP contribution in [0, 0.1) is 11.8 Å². The molecule has 0 saturated heterocycles. The largest absolute Gasteiger partial charge is 0.475 e. The predicted molar refractivity (Wildman–Crippen MR) is 77.2 cm³/mol. The fraction of sp³-hybridized carbons (Fsp3) is 0.429. The summed E-state index contributed by atoms with van der Waals surface area (Å²) >= 11 is 3.39. The minimum Gasteiger partial charge on any atom is -0.475 e. The van der Waals surface area contributed by atoms with E-state index in [1.54, 1.807) is 6.20 Å². The van der Waals surface area contributed by atoms with Gasteiger partial charge in [0.05, 0.1) is 6.61 Å². The third-order valence-electron chi connectivity index (χ3n) is 3.67. The van der Waals surface area contributed by atoms with E-state index >= 15 is 0 Å². The number of nitrogens with zero attached hydrogens (tertiary/aromatic N) is 3. The highest BCUT2D eigenvalue weighted by molar-refractivity contribution is 9.10. The summed E-state index contributed by atoms with van der Waals surface area (Å²) in [4.78, 5) is 8.66. The van der Waals surface area contributed by atoms with Crippen molar-refractivity contribution in [2.24, 2.45) is 11.8 Å². The van der Waals surface area contributed by atoms with Gasteiger partial charge in [-0.15, -0.1) is 0 Å². The fourth-order valence-electron chi connectivity index (χ4n) is 2.40. The zero-order chi connectivity index (χ0) is 13.2. The van der Waals surface area contributed by atoms with Crippen LogP contribution < -0.4 is 4.74 Å². The zero-order valence-electron chi connectivity index (χ0n) is 10.8. The highest BCUT2D eigenvalue weighted by atomic mass is 79.9. The van der Waals surface area contributed by atoms with Gasteiger partial charge < -0.3 is 4.74 Å². The molecule has 0 saturated carbocycles. The highest BCUT2D eigenvalue weighted by Gasteiger charge is 2.20. The maximum absolute atomic E-state index is 5.91. The van der Waals surface area contributed by atoms with Gasteiger partial charge in [-0.3, -0.25) is 4.40 Å². The lowest BCUT2D eigenvalue weighted by molar-refractivity contribution is 0.193.